The largest absolute Gasteiger partial charge is 0.322 e. The molecule has 0 aliphatic carbocycles. The summed E-state index contributed by atoms with van der Waals surface area (Å²) in [6.07, 6.45) is 1.48. The molecule has 1 aromatic heterocycles. The van der Waals surface area contributed by atoms with Gasteiger partial charge in [-0.05, 0) is 67.4 Å². The molecule has 3 amide bonds. The highest BCUT2D eigenvalue weighted by atomic mass is 16.2. The van der Waals surface area contributed by atoms with Crippen molar-refractivity contribution in [1.29, 1.82) is 0 Å². The molecule has 3 aromatic rings. The average molecular weight is 371 g/mol. The van der Waals surface area contributed by atoms with Gasteiger partial charge in [0.15, 0.2) is 0 Å². The van der Waals surface area contributed by atoms with E-state index in [1.54, 1.807) is 42.5 Å². The molecule has 0 saturated carbocycles. The predicted octanol–water partition coefficient (Wildman–Crippen LogP) is 3.75. The fraction of sp³-hybridized carbons (Fsp3) is 0.0909. The van der Waals surface area contributed by atoms with E-state index in [2.05, 4.69) is 10.3 Å². The third kappa shape index (κ3) is 2.95. The first-order valence-electron chi connectivity index (χ1n) is 8.78. The van der Waals surface area contributed by atoms with Crippen LogP contribution < -0.4 is 10.2 Å². The second-order valence-corrected chi connectivity index (χ2v) is 6.65. The molecule has 6 heteroatoms. The molecule has 28 heavy (non-hydrogen) atoms. The van der Waals surface area contributed by atoms with Gasteiger partial charge in [0, 0.05) is 17.4 Å². The predicted molar refractivity (Wildman–Crippen MR) is 106 cm³/mol. The normalized spacial score (nSPS) is 12.9. The maximum Gasteiger partial charge on any atom is 0.284 e. The standard InChI is InChI=1S/C22H17N3O3/c1-13-8-9-15(11-14(13)2)20(26)24-16-5-3-6-17(12-16)25-21(27)18-7-4-10-23-19(18)22(25)28/h3-12H,1-2H3,(H,24,26). The quantitative estimate of drug-likeness (QED) is 0.711. The average Bonchev–Trinajstić information content (AvgIpc) is 2.95. The number of hydrogen-bond acceptors (Lipinski definition) is 4. The van der Waals surface area contributed by atoms with Crippen LogP contribution in [0.1, 0.15) is 42.3 Å². The fourth-order valence-electron chi connectivity index (χ4n) is 3.11. The van der Waals surface area contributed by atoms with E-state index in [1.807, 2.05) is 26.0 Å². The Balaban J connectivity index is 1.60. The number of nitrogens with zero attached hydrogens (tertiary/aromatic N) is 2. The molecular weight excluding hydrogens is 354 g/mol. The van der Waals surface area contributed by atoms with Crippen LogP contribution in [-0.2, 0) is 0 Å². The summed E-state index contributed by atoms with van der Waals surface area (Å²) >= 11 is 0. The van der Waals surface area contributed by atoms with Crippen molar-refractivity contribution in [2.45, 2.75) is 13.8 Å². The zero-order valence-corrected chi connectivity index (χ0v) is 15.4. The molecule has 0 atom stereocenters. The summed E-state index contributed by atoms with van der Waals surface area (Å²) in [5, 5.41) is 2.82. The zero-order valence-electron chi connectivity index (χ0n) is 15.4. The van der Waals surface area contributed by atoms with Gasteiger partial charge >= 0.3 is 0 Å². The smallest absolute Gasteiger partial charge is 0.284 e. The lowest BCUT2D eigenvalue weighted by atomic mass is 10.1. The molecule has 1 N–H and O–H groups in total. The Bertz CT molecular complexity index is 1100. The highest BCUT2D eigenvalue weighted by Crippen LogP contribution is 2.28. The van der Waals surface area contributed by atoms with Crippen molar-refractivity contribution in [1.82, 2.24) is 4.98 Å². The number of anilines is 2. The van der Waals surface area contributed by atoms with Crippen LogP contribution in [-0.4, -0.2) is 22.7 Å². The van der Waals surface area contributed by atoms with E-state index in [1.165, 1.54) is 6.20 Å². The van der Waals surface area contributed by atoms with Crippen molar-refractivity contribution >= 4 is 29.1 Å². The number of hydrogen-bond donors (Lipinski definition) is 1. The van der Waals surface area contributed by atoms with Gasteiger partial charge in [0.2, 0.25) is 0 Å². The van der Waals surface area contributed by atoms with Gasteiger partial charge in [0.05, 0.1) is 11.3 Å². The fourth-order valence-corrected chi connectivity index (χ4v) is 3.11. The minimum atomic E-state index is -0.474. The number of aromatic nitrogens is 1. The number of nitrogens with one attached hydrogen (secondary N) is 1. The monoisotopic (exact) mass is 371 g/mol. The van der Waals surface area contributed by atoms with Crippen molar-refractivity contribution in [3.05, 3.63) is 88.7 Å². The molecule has 0 fully saturated rings. The van der Waals surface area contributed by atoms with E-state index >= 15 is 0 Å². The van der Waals surface area contributed by atoms with Crippen LogP contribution in [0.2, 0.25) is 0 Å². The Kier molecular flexibility index (Phi) is 4.24. The molecule has 0 saturated heterocycles. The molecule has 1 aliphatic rings. The van der Waals surface area contributed by atoms with Gasteiger partial charge in [-0.2, -0.15) is 0 Å². The minimum Gasteiger partial charge on any atom is -0.322 e. The number of aryl methyl sites for hydroxylation is 2. The molecule has 1 aliphatic heterocycles. The lowest BCUT2D eigenvalue weighted by molar-refractivity contribution is 0.0923. The highest BCUT2D eigenvalue weighted by Gasteiger charge is 2.37. The molecule has 0 bridgehead atoms. The Morgan fingerprint density at radius 1 is 0.929 bits per heavy atom. The van der Waals surface area contributed by atoms with Crippen LogP contribution >= 0.6 is 0 Å². The number of amides is 3. The SMILES string of the molecule is Cc1ccc(C(=O)Nc2cccc(N3C(=O)c4cccnc4C3=O)c2)cc1C. The number of imide groups is 1. The van der Waals surface area contributed by atoms with E-state index in [0.29, 0.717) is 16.9 Å². The van der Waals surface area contributed by atoms with Gasteiger partial charge in [0.1, 0.15) is 5.69 Å². The molecule has 0 unspecified atom stereocenters. The molecule has 0 spiro atoms. The number of rotatable bonds is 3. The Hall–Kier alpha value is -3.80. The number of carbonyl (C=O) groups is 3. The number of fused-ring (bicyclic) bond motifs is 1. The summed E-state index contributed by atoms with van der Waals surface area (Å²) in [5.74, 6) is -1.16. The summed E-state index contributed by atoms with van der Waals surface area (Å²) in [6.45, 7) is 3.93. The first kappa shape index (κ1) is 17.6. The van der Waals surface area contributed by atoms with Crippen LogP contribution in [0, 0.1) is 13.8 Å². The maximum absolute atomic E-state index is 12.6. The van der Waals surface area contributed by atoms with Crippen molar-refractivity contribution in [3.8, 4) is 0 Å². The zero-order chi connectivity index (χ0) is 19.8. The third-order valence-electron chi connectivity index (χ3n) is 4.78. The molecule has 138 valence electrons. The van der Waals surface area contributed by atoms with Crippen LogP contribution in [0.25, 0.3) is 0 Å². The van der Waals surface area contributed by atoms with Gasteiger partial charge in [-0.3, -0.25) is 19.4 Å². The van der Waals surface area contributed by atoms with E-state index in [0.717, 1.165) is 16.0 Å². The lowest BCUT2D eigenvalue weighted by Gasteiger charge is -2.15. The first-order valence-corrected chi connectivity index (χ1v) is 8.78. The van der Waals surface area contributed by atoms with Crippen molar-refractivity contribution in [2.24, 2.45) is 0 Å². The molecule has 0 radical (unpaired) electrons. The van der Waals surface area contributed by atoms with Crippen molar-refractivity contribution in [2.75, 3.05) is 10.2 Å². The topological polar surface area (TPSA) is 79.4 Å². The molecule has 2 aromatic carbocycles. The van der Waals surface area contributed by atoms with Crippen molar-refractivity contribution < 1.29 is 14.4 Å². The minimum absolute atomic E-state index is 0.136. The summed E-state index contributed by atoms with van der Waals surface area (Å²) in [5.41, 5.74) is 3.96. The summed E-state index contributed by atoms with van der Waals surface area (Å²) in [7, 11) is 0. The van der Waals surface area contributed by atoms with Crippen LogP contribution in [0.3, 0.4) is 0 Å². The molecular formula is C22H17N3O3. The third-order valence-corrected chi connectivity index (χ3v) is 4.78. The van der Waals surface area contributed by atoms with Crippen LogP contribution in [0.5, 0.6) is 0 Å². The first-order chi connectivity index (χ1) is 13.5. The van der Waals surface area contributed by atoms with E-state index in [-0.39, 0.29) is 17.2 Å². The Morgan fingerprint density at radius 2 is 1.75 bits per heavy atom. The van der Waals surface area contributed by atoms with E-state index < -0.39 is 11.8 Å². The number of benzene rings is 2. The highest BCUT2D eigenvalue weighted by molar-refractivity contribution is 6.33. The molecule has 4 rings (SSSR count). The Labute approximate surface area is 161 Å². The summed E-state index contributed by atoms with van der Waals surface area (Å²) in [6, 6.07) is 15.3. The number of pyridine rings is 1. The Morgan fingerprint density at radius 3 is 2.50 bits per heavy atom. The van der Waals surface area contributed by atoms with Gasteiger partial charge < -0.3 is 5.32 Å². The van der Waals surface area contributed by atoms with Crippen LogP contribution in [0.15, 0.2) is 60.8 Å². The van der Waals surface area contributed by atoms with Crippen LogP contribution in [0.4, 0.5) is 11.4 Å². The lowest BCUT2D eigenvalue weighted by Crippen LogP contribution is -2.29. The van der Waals surface area contributed by atoms with Gasteiger partial charge in [-0.1, -0.05) is 12.1 Å². The van der Waals surface area contributed by atoms with E-state index in [9.17, 15) is 14.4 Å². The van der Waals surface area contributed by atoms with Gasteiger partial charge in [-0.15, -0.1) is 0 Å². The second kappa shape index (κ2) is 6.74. The molecule has 2 heterocycles. The second-order valence-electron chi connectivity index (χ2n) is 6.65. The molecule has 6 nitrogen and oxygen atoms in total. The van der Waals surface area contributed by atoms with Crippen molar-refractivity contribution in [3.63, 3.8) is 0 Å². The van der Waals surface area contributed by atoms with Gasteiger partial charge in [0.25, 0.3) is 17.7 Å². The van der Waals surface area contributed by atoms with E-state index in [4.69, 9.17) is 0 Å². The maximum atomic E-state index is 12.6. The van der Waals surface area contributed by atoms with Gasteiger partial charge in [-0.25, -0.2) is 4.90 Å². The summed E-state index contributed by atoms with van der Waals surface area (Å²) in [4.78, 5) is 42.8. The summed E-state index contributed by atoms with van der Waals surface area (Å²) < 4.78 is 0. The number of carbonyl (C=O) groups excluding carboxylic acids is 3.